The monoisotopic (exact) mass is 1120 g/mol. The van der Waals surface area contributed by atoms with E-state index in [1.165, 1.54) is 31.5 Å². The summed E-state index contributed by atoms with van der Waals surface area (Å²) in [5.74, 6) is -1.16. The molecule has 5 aliphatic rings. The van der Waals surface area contributed by atoms with Gasteiger partial charge >= 0.3 is 11.9 Å². The van der Waals surface area contributed by atoms with Crippen molar-refractivity contribution in [3.8, 4) is 0 Å². The average Bonchev–Trinajstić information content (AvgIpc) is 4.07. The summed E-state index contributed by atoms with van der Waals surface area (Å²) in [6, 6.07) is -0.612. The molecule has 0 spiro atoms. The number of rotatable bonds is 20. The molecule has 3 N–H and O–H groups in total. The Labute approximate surface area is 461 Å². The van der Waals surface area contributed by atoms with Crippen molar-refractivity contribution >= 4 is 60.9 Å². The molecule has 5 fully saturated rings. The highest BCUT2D eigenvalue weighted by Crippen LogP contribution is 2.44. The minimum atomic E-state index is -1.62. The molecule has 5 rings (SSSR count). The number of esters is 2. The smallest absolute Gasteiger partial charge is 0.311 e. The van der Waals surface area contributed by atoms with Crippen LogP contribution in [-0.2, 0) is 47.5 Å². The van der Waals surface area contributed by atoms with E-state index in [1.807, 2.05) is 96.9 Å². The fourth-order valence-electron chi connectivity index (χ4n) is 12.4. The standard InChI is InChI=1S/C55H98N2O13S4/c1-15-44-55(10,63)42(29-39(58)20-16-17-21-40-24-26-71-73-40)37(6)57(13)32-33(2)30-53(8,62)50(35(4)47(36(5)51(61)67-44)69-46-31-54(9,64-14)49(60)38(7)66-46)70-52-48(43(56(11)12)28-34(3)65-52)68-45(59)23-19-18-22-41-25-27-72-74-41/h33-38,40-44,46-50,52,60,62-63H,15-32H2,1-14H3/t33-,34-,35+,36-,37-,38+,40?,41?,42-,43+,44-,46+,47+,48-,49+,50-,52+,53-,54-,55+/m1/s1. The molecule has 430 valence electrons. The highest BCUT2D eigenvalue weighted by Gasteiger charge is 2.53. The van der Waals surface area contributed by atoms with Gasteiger partial charge < -0.3 is 58.3 Å². The van der Waals surface area contributed by atoms with Crippen molar-refractivity contribution in [2.45, 2.75) is 260 Å². The highest BCUT2D eigenvalue weighted by atomic mass is 33.1. The number of aliphatic hydroxyl groups excluding tert-OH is 1. The van der Waals surface area contributed by atoms with Gasteiger partial charge in [0.05, 0.1) is 47.6 Å². The third kappa shape index (κ3) is 17.6. The number of unbranched alkanes of at least 4 members (excludes halogenated alkanes) is 2. The van der Waals surface area contributed by atoms with Crippen LogP contribution in [-0.4, -0.2) is 184 Å². The Morgan fingerprint density at radius 1 is 0.865 bits per heavy atom. The number of ether oxygens (including phenoxy) is 7. The highest BCUT2D eigenvalue weighted by molar-refractivity contribution is 8.77. The van der Waals surface area contributed by atoms with Crippen LogP contribution in [0.15, 0.2) is 0 Å². The molecule has 5 aliphatic heterocycles. The first kappa shape index (κ1) is 64.4. The molecule has 0 aromatic carbocycles. The molecule has 0 aromatic rings. The SMILES string of the molecule is CC[C@H]1OC(=O)[C@H](C)[C@@H](O[C@H]2C[C@@](C)(OC)[C@@H](O)[C@H](C)O2)[C@H](C)[C@@H](O[C@@H]2O[C@H](C)C[C@H](N(C)C)[C@H]2OC(=O)CCCCC2CCSS2)[C@](C)(O)C[C@@H](C)CN(C)[C@H](C)[C@@H](CC(=O)CCCCC2CCSS2)[C@]1(C)O. The van der Waals surface area contributed by atoms with Crippen LogP contribution in [0.5, 0.6) is 0 Å². The molecular formula is C55H98N2O13S4. The quantitative estimate of drug-likeness (QED) is 0.0596. The molecule has 2 unspecified atom stereocenters. The van der Waals surface area contributed by atoms with E-state index in [0.29, 0.717) is 36.3 Å². The third-order valence-corrected chi connectivity index (χ3v) is 23.0. The molecule has 5 saturated heterocycles. The van der Waals surface area contributed by atoms with Gasteiger partial charge in [-0.2, -0.15) is 0 Å². The number of methoxy groups -OCH3 is 1. The summed E-state index contributed by atoms with van der Waals surface area (Å²) < 4.78 is 45.9. The molecular weight excluding hydrogens is 1020 g/mol. The Hall–Kier alpha value is -0.390. The Bertz CT molecular complexity index is 1740. The van der Waals surface area contributed by atoms with Crippen LogP contribution in [0.3, 0.4) is 0 Å². The molecule has 19 heteroatoms. The van der Waals surface area contributed by atoms with Crippen molar-refractivity contribution in [3.05, 3.63) is 0 Å². The number of aliphatic hydroxyl groups is 3. The largest absolute Gasteiger partial charge is 0.459 e. The van der Waals surface area contributed by atoms with Crippen molar-refractivity contribution in [1.29, 1.82) is 0 Å². The first-order valence-corrected chi connectivity index (χ1v) is 32.7. The Morgan fingerprint density at radius 3 is 2.05 bits per heavy atom. The fraction of sp³-hybridized carbons (Fsp3) is 0.945. The fourth-order valence-corrected chi connectivity index (χ4v) is 18.4. The van der Waals surface area contributed by atoms with Gasteiger partial charge in [-0.15, -0.1) is 0 Å². The molecule has 0 radical (unpaired) electrons. The van der Waals surface area contributed by atoms with Gasteiger partial charge in [0, 0.05) is 79.2 Å². The zero-order chi connectivity index (χ0) is 54.7. The van der Waals surface area contributed by atoms with Crippen molar-refractivity contribution in [1.82, 2.24) is 9.80 Å². The lowest BCUT2D eigenvalue weighted by Gasteiger charge is -2.49. The second-order valence-electron chi connectivity index (χ2n) is 23.7. The molecule has 0 aromatic heterocycles. The Morgan fingerprint density at radius 2 is 1.49 bits per heavy atom. The van der Waals surface area contributed by atoms with E-state index in [-0.39, 0.29) is 68.0 Å². The van der Waals surface area contributed by atoms with Gasteiger partial charge in [0.25, 0.3) is 0 Å². The van der Waals surface area contributed by atoms with E-state index in [1.54, 1.807) is 34.6 Å². The lowest BCUT2D eigenvalue weighted by molar-refractivity contribution is -0.319. The lowest BCUT2D eigenvalue weighted by Crippen LogP contribution is -2.61. The van der Waals surface area contributed by atoms with E-state index >= 15 is 0 Å². The van der Waals surface area contributed by atoms with E-state index in [0.717, 1.165) is 32.1 Å². The number of likely N-dealkylation sites (N-methyl/N-ethyl adjacent to an activating group) is 1. The number of cyclic esters (lactones) is 1. The van der Waals surface area contributed by atoms with Gasteiger partial charge in [-0.1, -0.05) is 76.8 Å². The summed E-state index contributed by atoms with van der Waals surface area (Å²) in [7, 11) is 15.1. The average molecular weight is 1120 g/mol. The summed E-state index contributed by atoms with van der Waals surface area (Å²) in [4.78, 5) is 47.0. The molecule has 0 amide bonds. The van der Waals surface area contributed by atoms with Gasteiger partial charge in [0.1, 0.15) is 23.6 Å². The molecule has 15 nitrogen and oxygen atoms in total. The van der Waals surface area contributed by atoms with Crippen molar-refractivity contribution in [2.75, 3.05) is 46.3 Å². The van der Waals surface area contributed by atoms with Crippen molar-refractivity contribution in [2.24, 2.45) is 23.7 Å². The minimum Gasteiger partial charge on any atom is -0.459 e. The Balaban J connectivity index is 1.52. The number of ketones is 1. The zero-order valence-electron chi connectivity index (χ0n) is 47.5. The van der Waals surface area contributed by atoms with Crippen LogP contribution in [0.4, 0.5) is 0 Å². The number of hydrogen-bond acceptors (Lipinski definition) is 19. The van der Waals surface area contributed by atoms with Gasteiger partial charge in [0.2, 0.25) is 0 Å². The number of nitrogens with zero attached hydrogens (tertiary/aromatic N) is 2. The molecule has 0 saturated carbocycles. The van der Waals surface area contributed by atoms with Crippen LogP contribution < -0.4 is 0 Å². The van der Waals surface area contributed by atoms with Crippen molar-refractivity contribution in [3.63, 3.8) is 0 Å². The second kappa shape index (κ2) is 29.4. The second-order valence-corrected chi connectivity index (χ2v) is 29.3. The van der Waals surface area contributed by atoms with E-state index in [4.69, 9.17) is 33.2 Å². The molecule has 0 aliphatic carbocycles. The van der Waals surface area contributed by atoms with Gasteiger partial charge in [-0.25, -0.2) is 0 Å². The zero-order valence-corrected chi connectivity index (χ0v) is 50.8. The minimum absolute atomic E-state index is 0.0714. The van der Waals surface area contributed by atoms with E-state index in [2.05, 4.69) is 11.8 Å². The summed E-state index contributed by atoms with van der Waals surface area (Å²) in [5.41, 5.74) is -4.29. The number of carbonyl (C=O) groups excluding carboxylic acids is 3. The summed E-state index contributed by atoms with van der Waals surface area (Å²) in [5, 5.41) is 38.5. The molecule has 5 heterocycles. The lowest BCUT2D eigenvalue weighted by atomic mass is 9.75. The van der Waals surface area contributed by atoms with Crippen LogP contribution in [0.25, 0.3) is 0 Å². The van der Waals surface area contributed by atoms with Gasteiger partial charge in [-0.05, 0) is 133 Å². The third-order valence-electron chi connectivity index (χ3n) is 17.0. The maximum absolute atomic E-state index is 15.0. The number of carbonyl (C=O) groups is 3. The predicted molar refractivity (Wildman–Crippen MR) is 299 cm³/mol. The first-order valence-electron chi connectivity index (χ1n) is 28.0. The van der Waals surface area contributed by atoms with E-state index < -0.39 is 89.7 Å². The normalized spacial score (nSPS) is 42.4. The van der Waals surface area contributed by atoms with Crippen molar-refractivity contribution < 1.29 is 62.9 Å². The maximum Gasteiger partial charge on any atom is 0.311 e. The molecule has 20 atom stereocenters. The van der Waals surface area contributed by atoms with Crippen LogP contribution in [0.1, 0.15) is 166 Å². The number of hydrogen-bond donors (Lipinski definition) is 3. The number of Topliss-reactive ketones (excluding diaryl/α,β-unsaturated/α-hetero) is 1. The summed E-state index contributed by atoms with van der Waals surface area (Å²) in [6.45, 7) is 19.0. The van der Waals surface area contributed by atoms with Crippen LogP contribution in [0.2, 0.25) is 0 Å². The van der Waals surface area contributed by atoms with E-state index in [9.17, 15) is 29.7 Å². The van der Waals surface area contributed by atoms with Crippen LogP contribution >= 0.6 is 43.2 Å². The summed E-state index contributed by atoms with van der Waals surface area (Å²) >= 11 is 0. The van der Waals surface area contributed by atoms with Gasteiger partial charge in [-0.3, -0.25) is 14.4 Å². The molecule has 74 heavy (non-hydrogen) atoms. The maximum atomic E-state index is 15.0. The van der Waals surface area contributed by atoms with Crippen LogP contribution in [0, 0.1) is 23.7 Å². The summed E-state index contributed by atoms with van der Waals surface area (Å²) in [6.07, 6.45) is 1.87. The first-order chi connectivity index (χ1) is 34.8. The molecule has 0 bridgehead atoms. The topological polar surface area (TPSA) is 183 Å². The Kier molecular flexibility index (Phi) is 25.6. The van der Waals surface area contributed by atoms with Gasteiger partial charge in [0.15, 0.2) is 18.7 Å². The predicted octanol–water partition coefficient (Wildman–Crippen LogP) is 9.09.